The Labute approximate surface area is 148 Å². The Morgan fingerprint density at radius 3 is 3.12 bits per heavy atom. The lowest BCUT2D eigenvalue weighted by molar-refractivity contribution is 0.371. The number of rotatable bonds is 4. The topological polar surface area (TPSA) is 74.7 Å². The number of aliphatic imine (C=N–C) groups is 1. The summed E-state index contributed by atoms with van der Waals surface area (Å²) in [6.45, 7) is 6.63. The van der Waals surface area contributed by atoms with Crippen LogP contribution in [0.5, 0.6) is 0 Å². The number of thiazole rings is 1. The van der Waals surface area contributed by atoms with Gasteiger partial charge < -0.3 is 10.2 Å². The Morgan fingerprint density at radius 2 is 2.42 bits per heavy atom. The normalized spacial score (nSPS) is 24.7. The van der Waals surface area contributed by atoms with Gasteiger partial charge in [0.2, 0.25) is 0 Å². The van der Waals surface area contributed by atoms with Gasteiger partial charge in [0.1, 0.15) is 0 Å². The molecule has 134 valence electrons. The molecule has 1 N–H and O–H groups in total. The summed E-state index contributed by atoms with van der Waals surface area (Å²) < 4.78 is 23.3. The Bertz CT molecular complexity index is 699. The van der Waals surface area contributed by atoms with Crippen LogP contribution in [0.25, 0.3) is 0 Å². The predicted octanol–water partition coefficient (Wildman–Crippen LogP) is 1.68. The van der Waals surface area contributed by atoms with Crippen molar-refractivity contribution in [2.45, 2.75) is 45.7 Å². The first-order valence-electron chi connectivity index (χ1n) is 8.64. The van der Waals surface area contributed by atoms with Gasteiger partial charge in [-0.1, -0.05) is 6.92 Å². The van der Waals surface area contributed by atoms with Crippen molar-refractivity contribution in [3.63, 3.8) is 0 Å². The number of hydrogen-bond acceptors (Lipinski definition) is 5. The van der Waals surface area contributed by atoms with Crippen molar-refractivity contribution in [2.24, 2.45) is 10.9 Å². The molecule has 0 aliphatic carbocycles. The van der Waals surface area contributed by atoms with Crippen LogP contribution in [0.1, 0.15) is 37.3 Å². The van der Waals surface area contributed by atoms with Crippen molar-refractivity contribution < 1.29 is 8.42 Å². The molecule has 2 atom stereocenters. The van der Waals surface area contributed by atoms with E-state index in [0.29, 0.717) is 18.3 Å². The molecule has 24 heavy (non-hydrogen) atoms. The number of sulfone groups is 1. The van der Waals surface area contributed by atoms with Crippen molar-refractivity contribution >= 4 is 27.1 Å². The van der Waals surface area contributed by atoms with Crippen molar-refractivity contribution in [1.29, 1.82) is 0 Å². The third kappa shape index (κ3) is 4.27. The highest BCUT2D eigenvalue weighted by molar-refractivity contribution is 7.91. The Kier molecular flexibility index (Phi) is 5.44. The Balaban J connectivity index is 1.70. The van der Waals surface area contributed by atoms with E-state index in [0.717, 1.165) is 38.3 Å². The van der Waals surface area contributed by atoms with E-state index in [2.05, 4.69) is 29.0 Å². The number of guanidine groups is 1. The first-order chi connectivity index (χ1) is 11.5. The molecule has 1 aromatic heterocycles. The maximum atomic E-state index is 11.6. The number of hydrogen-bond donors (Lipinski definition) is 1. The van der Waals surface area contributed by atoms with Gasteiger partial charge in [-0.15, -0.1) is 11.3 Å². The Hall–Kier alpha value is -1.15. The molecule has 3 rings (SSSR count). The van der Waals surface area contributed by atoms with Gasteiger partial charge in [0, 0.05) is 30.4 Å². The van der Waals surface area contributed by atoms with Gasteiger partial charge in [-0.3, -0.25) is 4.99 Å². The average molecular weight is 371 g/mol. The van der Waals surface area contributed by atoms with Gasteiger partial charge in [0.05, 0.1) is 29.3 Å². The van der Waals surface area contributed by atoms with Crippen LogP contribution in [0.4, 0.5) is 0 Å². The highest BCUT2D eigenvalue weighted by Gasteiger charge is 2.28. The molecule has 3 heterocycles. The smallest absolute Gasteiger partial charge is 0.194 e. The minimum atomic E-state index is -2.84. The zero-order valence-corrected chi connectivity index (χ0v) is 16.0. The van der Waals surface area contributed by atoms with E-state index in [9.17, 15) is 8.42 Å². The molecular formula is C16H26N4O2S2. The molecule has 0 bridgehead atoms. The summed E-state index contributed by atoms with van der Waals surface area (Å²) in [5.74, 6) is 1.67. The van der Waals surface area contributed by atoms with Crippen molar-refractivity contribution in [3.05, 3.63) is 16.1 Å². The number of nitrogens with zero attached hydrogens (tertiary/aromatic N) is 3. The van der Waals surface area contributed by atoms with Crippen LogP contribution in [0.15, 0.2) is 10.5 Å². The van der Waals surface area contributed by atoms with Crippen LogP contribution < -0.4 is 5.32 Å². The maximum absolute atomic E-state index is 11.6. The third-order valence-corrected chi connectivity index (χ3v) is 7.49. The fraction of sp³-hybridized carbons (Fsp3) is 0.750. The van der Waals surface area contributed by atoms with Crippen LogP contribution in [-0.4, -0.2) is 54.9 Å². The summed E-state index contributed by atoms with van der Waals surface area (Å²) in [7, 11) is -2.84. The van der Waals surface area contributed by atoms with E-state index in [-0.39, 0.29) is 11.7 Å². The minimum Gasteiger partial charge on any atom is -0.354 e. The van der Waals surface area contributed by atoms with Gasteiger partial charge >= 0.3 is 0 Å². The SMILES string of the molecule is CCC(C)NC(=NCC1CCS(=O)(=O)C1)N1CCc2ncsc2C1. The first kappa shape index (κ1) is 17.7. The maximum Gasteiger partial charge on any atom is 0.194 e. The monoisotopic (exact) mass is 370 g/mol. The van der Waals surface area contributed by atoms with Crippen molar-refractivity contribution in [2.75, 3.05) is 24.6 Å². The summed E-state index contributed by atoms with van der Waals surface area (Å²) >= 11 is 1.70. The van der Waals surface area contributed by atoms with Crippen LogP contribution in [0.2, 0.25) is 0 Å². The molecule has 2 aliphatic heterocycles. The van der Waals surface area contributed by atoms with Crippen molar-refractivity contribution in [3.8, 4) is 0 Å². The highest BCUT2D eigenvalue weighted by Crippen LogP contribution is 2.22. The van der Waals surface area contributed by atoms with Crippen LogP contribution in [0.3, 0.4) is 0 Å². The second-order valence-electron chi connectivity index (χ2n) is 6.78. The Morgan fingerprint density at radius 1 is 1.58 bits per heavy atom. The van der Waals surface area contributed by atoms with Gasteiger partial charge in [-0.2, -0.15) is 0 Å². The minimum absolute atomic E-state index is 0.160. The van der Waals surface area contributed by atoms with E-state index in [1.54, 1.807) is 11.3 Å². The quantitative estimate of drug-likeness (QED) is 0.645. The van der Waals surface area contributed by atoms with Gasteiger partial charge in [-0.05, 0) is 25.7 Å². The fourth-order valence-electron chi connectivity index (χ4n) is 3.09. The molecule has 1 aromatic rings. The number of fused-ring (bicyclic) bond motifs is 1. The molecule has 0 amide bonds. The number of aromatic nitrogens is 1. The predicted molar refractivity (Wildman–Crippen MR) is 98.2 cm³/mol. The molecule has 1 fully saturated rings. The first-order valence-corrected chi connectivity index (χ1v) is 11.3. The zero-order chi connectivity index (χ0) is 17.2. The average Bonchev–Trinajstić information content (AvgIpc) is 3.16. The summed E-state index contributed by atoms with van der Waals surface area (Å²) in [4.78, 5) is 12.8. The molecule has 8 heteroatoms. The van der Waals surface area contributed by atoms with Gasteiger partial charge in [-0.25, -0.2) is 13.4 Å². The molecule has 1 saturated heterocycles. The zero-order valence-electron chi connectivity index (χ0n) is 14.4. The van der Waals surface area contributed by atoms with E-state index < -0.39 is 9.84 Å². The summed E-state index contributed by atoms with van der Waals surface area (Å²) in [5.41, 5.74) is 3.12. The molecular weight excluding hydrogens is 344 g/mol. The molecule has 0 aromatic carbocycles. The van der Waals surface area contributed by atoms with Crippen LogP contribution in [-0.2, 0) is 22.8 Å². The molecule has 2 unspecified atom stereocenters. The summed E-state index contributed by atoms with van der Waals surface area (Å²) in [5, 5.41) is 3.51. The molecule has 0 radical (unpaired) electrons. The van der Waals surface area contributed by atoms with Crippen LogP contribution >= 0.6 is 11.3 Å². The summed E-state index contributed by atoms with van der Waals surface area (Å²) in [6, 6.07) is 0.346. The van der Waals surface area contributed by atoms with E-state index in [1.165, 1.54) is 10.6 Å². The third-order valence-electron chi connectivity index (χ3n) is 4.79. The lowest BCUT2D eigenvalue weighted by Gasteiger charge is -2.31. The van der Waals surface area contributed by atoms with E-state index in [1.807, 2.05) is 5.51 Å². The van der Waals surface area contributed by atoms with E-state index >= 15 is 0 Å². The standard InChI is InChI=1S/C16H26N4O2S2/c1-3-12(2)19-16(17-8-13-5-7-24(21,22)10-13)20-6-4-14-15(9-20)23-11-18-14/h11-13H,3-10H2,1-2H3,(H,17,19). The molecule has 2 aliphatic rings. The molecule has 0 saturated carbocycles. The lowest BCUT2D eigenvalue weighted by Crippen LogP contribution is -2.47. The number of nitrogens with one attached hydrogen (secondary N) is 1. The highest BCUT2D eigenvalue weighted by atomic mass is 32.2. The molecule has 0 spiro atoms. The van der Waals surface area contributed by atoms with Gasteiger partial charge in [0.25, 0.3) is 0 Å². The van der Waals surface area contributed by atoms with Crippen LogP contribution in [0, 0.1) is 5.92 Å². The molecule has 6 nitrogen and oxygen atoms in total. The largest absolute Gasteiger partial charge is 0.354 e. The summed E-state index contributed by atoms with van der Waals surface area (Å²) in [6.07, 6.45) is 2.70. The van der Waals surface area contributed by atoms with Gasteiger partial charge in [0.15, 0.2) is 15.8 Å². The van der Waals surface area contributed by atoms with Crippen molar-refractivity contribution in [1.82, 2.24) is 15.2 Å². The lowest BCUT2D eigenvalue weighted by atomic mass is 10.1. The van der Waals surface area contributed by atoms with E-state index in [4.69, 9.17) is 4.99 Å². The second-order valence-corrected chi connectivity index (χ2v) is 9.95. The fourth-order valence-corrected chi connectivity index (χ4v) is 5.77. The second kappa shape index (κ2) is 7.39.